The summed E-state index contributed by atoms with van der Waals surface area (Å²) < 4.78 is 21.2. The van der Waals surface area contributed by atoms with Gasteiger partial charge in [0.25, 0.3) is 5.91 Å². The van der Waals surface area contributed by atoms with Crippen LogP contribution < -0.4 is 14.5 Å². The van der Waals surface area contributed by atoms with Gasteiger partial charge in [0.1, 0.15) is 11.6 Å². The molecule has 5 nitrogen and oxygen atoms in total. The van der Waals surface area contributed by atoms with E-state index in [-0.39, 0.29) is 11.7 Å². The highest BCUT2D eigenvalue weighted by Crippen LogP contribution is 2.32. The Morgan fingerprint density at radius 3 is 2.59 bits per heavy atom. The summed E-state index contributed by atoms with van der Waals surface area (Å²) in [5, 5.41) is 0. The van der Waals surface area contributed by atoms with E-state index in [1.165, 1.54) is 38.2 Å². The lowest BCUT2D eigenvalue weighted by molar-refractivity contribution is 0.0980. The van der Waals surface area contributed by atoms with Gasteiger partial charge in [-0.1, -0.05) is 19.3 Å². The first kappa shape index (κ1) is 23.2. The van der Waals surface area contributed by atoms with Gasteiger partial charge in [0.15, 0.2) is 0 Å². The second-order valence-corrected chi connectivity index (χ2v) is 10.3. The highest BCUT2D eigenvalue weighted by molar-refractivity contribution is 6.08. The van der Waals surface area contributed by atoms with Crippen LogP contribution in [-0.2, 0) is 6.42 Å². The summed E-state index contributed by atoms with van der Waals surface area (Å²) in [7, 11) is 4.14. The number of carbonyl (C=O) groups excluding carboxylic acids is 1. The smallest absolute Gasteiger partial charge is 0.258 e. The minimum absolute atomic E-state index is 0.0684. The Bertz CT molecular complexity index is 1030. The number of ether oxygens (including phenoxy) is 1. The molecule has 0 N–H and O–H groups in total. The third kappa shape index (κ3) is 4.78. The Morgan fingerprint density at radius 2 is 1.85 bits per heavy atom. The zero-order valence-corrected chi connectivity index (χ0v) is 20.4. The van der Waals surface area contributed by atoms with Crippen molar-refractivity contribution in [1.82, 2.24) is 4.90 Å². The molecule has 5 rings (SSSR count). The van der Waals surface area contributed by atoms with Gasteiger partial charge in [-0.25, -0.2) is 4.39 Å². The molecule has 0 radical (unpaired) electrons. The number of carbonyl (C=O) groups is 1. The van der Waals surface area contributed by atoms with Crippen LogP contribution in [-0.4, -0.2) is 57.2 Å². The van der Waals surface area contributed by atoms with Crippen molar-refractivity contribution >= 4 is 17.3 Å². The fraction of sp³-hybridized carbons (Fsp3) is 0.536. The lowest BCUT2D eigenvalue weighted by Crippen LogP contribution is -2.37. The molecule has 2 aliphatic heterocycles. The van der Waals surface area contributed by atoms with E-state index in [1.54, 1.807) is 4.90 Å². The van der Waals surface area contributed by atoms with Gasteiger partial charge in [0.2, 0.25) is 0 Å². The second kappa shape index (κ2) is 9.95. The van der Waals surface area contributed by atoms with E-state index in [0.717, 1.165) is 43.9 Å². The van der Waals surface area contributed by atoms with E-state index in [2.05, 4.69) is 23.9 Å². The third-order valence-corrected chi connectivity index (χ3v) is 7.84. The molecule has 2 fully saturated rings. The van der Waals surface area contributed by atoms with Gasteiger partial charge < -0.3 is 19.4 Å². The van der Waals surface area contributed by atoms with E-state index >= 15 is 4.39 Å². The molecule has 1 aliphatic carbocycles. The Morgan fingerprint density at radius 1 is 1.03 bits per heavy atom. The zero-order valence-electron chi connectivity index (χ0n) is 20.4. The molecule has 2 aromatic carbocycles. The number of hydrogen-bond acceptors (Lipinski definition) is 4. The van der Waals surface area contributed by atoms with Gasteiger partial charge in [-0.2, -0.15) is 0 Å². The fourth-order valence-corrected chi connectivity index (χ4v) is 5.67. The highest BCUT2D eigenvalue weighted by atomic mass is 19.1. The summed E-state index contributed by atoms with van der Waals surface area (Å²) in [6, 6.07) is 11.5. The van der Waals surface area contributed by atoms with E-state index in [1.807, 2.05) is 30.3 Å². The summed E-state index contributed by atoms with van der Waals surface area (Å²) in [4.78, 5) is 19.2. The molecule has 6 heteroatoms. The van der Waals surface area contributed by atoms with Crippen molar-refractivity contribution in [2.24, 2.45) is 5.92 Å². The van der Waals surface area contributed by atoms with Gasteiger partial charge in [0.05, 0.1) is 12.3 Å². The predicted octanol–water partition coefficient (Wildman–Crippen LogP) is 5.13. The number of nitrogens with zero attached hydrogens (tertiary/aromatic N) is 3. The quantitative estimate of drug-likeness (QED) is 0.593. The second-order valence-electron chi connectivity index (χ2n) is 10.3. The van der Waals surface area contributed by atoms with Crippen molar-refractivity contribution < 1.29 is 13.9 Å². The maximum absolute atomic E-state index is 15.1. The molecule has 1 unspecified atom stereocenters. The first-order chi connectivity index (χ1) is 16.5. The molecule has 0 bridgehead atoms. The number of likely N-dealkylation sites (N-methyl/N-ethyl adjacent to an activating group) is 1. The number of benzene rings is 2. The average molecular weight is 466 g/mol. The van der Waals surface area contributed by atoms with Gasteiger partial charge >= 0.3 is 0 Å². The van der Waals surface area contributed by atoms with Crippen molar-refractivity contribution in [3.8, 4) is 5.75 Å². The fourth-order valence-electron chi connectivity index (χ4n) is 5.67. The van der Waals surface area contributed by atoms with Gasteiger partial charge in [0, 0.05) is 36.9 Å². The number of amides is 1. The van der Waals surface area contributed by atoms with Gasteiger partial charge in [-0.3, -0.25) is 4.79 Å². The molecule has 182 valence electrons. The molecule has 1 saturated carbocycles. The number of rotatable bonds is 6. The van der Waals surface area contributed by atoms with Crippen LogP contribution in [0.5, 0.6) is 5.75 Å². The summed E-state index contributed by atoms with van der Waals surface area (Å²) in [6.07, 6.45) is 8.22. The van der Waals surface area contributed by atoms with E-state index in [0.29, 0.717) is 35.4 Å². The largest absolute Gasteiger partial charge is 0.493 e. The topological polar surface area (TPSA) is 36.0 Å². The average Bonchev–Trinajstić information content (AvgIpc) is 3.34. The molecule has 0 spiro atoms. The van der Waals surface area contributed by atoms with Crippen molar-refractivity contribution in [2.45, 2.75) is 51.0 Å². The Labute approximate surface area is 202 Å². The summed E-state index contributed by atoms with van der Waals surface area (Å²) in [6.45, 7) is 2.98. The standard InChI is InChI=1S/C28H36FN3O2/c1-30(2)23-13-14-31(18-23)27-11-8-22(17-26(27)29)32-15-12-21-16-24(9-10-25(21)28(32)33)34-19-20-6-4-3-5-7-20/h8-11,16-17,20,23H,3-7,12-15,18-19H2,1-2H3. The summed E-state index contributed by atoms with van der Waals surface area (Å²) in [5.41, 5.74) is 2.95. The van der Waals surface area contributed by atoms with Crippen LogP contribution in [0.3, 0.4) is 0 Å². The van der Waals surface area contributed by atoms with E-state index < -0.39 is 0 Å². The summed E-state index contributed by atoms with van der Waals surface area (Å²) >= 11 is 0. The van der Waals surface area contributed by atoms with Crippen LogP contribution in [0.25, 0.3) is 0 Å². The molecule has 0 aromatic heterocycles. The normalized spacial score (nSPS) is 21.3. The Kier molecular flexibility index (Phi) is 6.77. The Hall–Kier alpha value is -2.60. The molecule has 1 saturated heterocycles. The van der Waals surface area contributed by atoms with Crippen LogP contribution in [0.4, 0.5) is 15.8 Å². The molecular weight excluding hydrogens is 429 g/mol. The number of hydrogen-bond donors (Lipinski definition) is 0. The van der Waals surface area contributed by atoms with Crippen molar-refractivity contribution in [1.29, 1.82) is 0 Å². The predicted molar refractivity (Wildman–Crippen MR) is 135 cm³/mol. The van der Waals surface area contributed by atoms with E-state index in [4.69, 9.17) is 4.74 Å². The first-order valence-electron chi connectivity index (χ1n) is 12.8. The van der Waals surface area contributed by atoms with E-state index in [9.17, 15) is 4.79 Å². The molecule has 2 heterocycles. The Balaban J connectivity index is 1.26. The first-order valence-corrected chi connectivity index (χ1v) is 12.8. The van der Waals surface area contributed by atoms with Crippen LogP contribution in [0, 0.1) is 11.7 Å². The number of fused-ring (bicyclic) bond motifs is 1. The zero-order chi connectivity index (χ0) is 23.7. The maximum atomic E-state index is 15.1. The maximum Gasteiger partial charge on any atom is 0.258 e. The van der Waals surface area contributed by atoms with Crippen LogP contribution in [0.15, 0.2) is 36.4 Å². The minimum atomic E-state index is -0.262. The minimum Gasteiger partial charge on any atom is -0.493 e. The third-order valence-electron chi connectivity index (χ3n) is 7.84. The lowest BCUT2D eigenvalue weighted by Gasteiger charge is -2.30. The number of anilines is 2. The summed E-state index contributed by atoms with van der Waals surface area (Å²) in [5.74, 6) is 1.17. The molecule has 1 amide bonds. The van der Waals surface area contributed by atoms with Crippen molar-refractivity contribution in [3.63, 3.8) is 0 Å². The molecule has 34 heavy (non-hydrogen) atoms. The number of halogens is 1. The monoisotopic (exact) mass is 465 g/mol. The molecule has 1 atom stereocenters. The van der Waals surface area contributed by atoms with Crippen molar-refractivity contribution in [3.05, 3.63) is 53.3 Å². The molecule has 3 aliphatic rings. The van der Waals surface area contributed by atoms with Crippen LogP contribution >= 0.6 is 0 Å². The van der Waals surface area contributed by atoms with Gasteiger partial charge in [-0.15, -0.1) is 0 Å². The van der Waals surface area contributed by atoms with Gasteiger partial charge in [-0.05, 0) is 87.7 Å². The SMILES string of the molecule is CN(C)C1CCN(c2ccc(N3CCc4cc(OCC5CCCCC5)ccc4C3=O)cc2F)C1. The van der Waals surface area contributed by atoms with Crippen LogP contribution in [0.1, 0.15) is 54.4 Å². The van der Waals surface area contributed by atoms with Crippen LogP contribution in [0.2, 0.25) is 0 Å². The lowest BCUT2D eigenvalue weighted by atomic mass is 9.90. The highest BCUT2D eigenvalue weighted by Gasteiger charge is 2.29. The van der Waals surface area contributed by atoms with Crippen molar-refractivity contribution in [2.75, 3.05) is 50.1 Å². The molecule has 2 aromatic rings. The molecular formula is C28H36FN3O2.